The maximum atomic E-state index is 10.9. The Hall–Kier alpha value is -2.30. The van der Waals surface area contributed by atoms with Gasteiger partial charge in [-0.1, -0.05) is 0 Å². The highest BCUT2D eigenvalue weighted by molar-refractivity contribution is 5.88. The average Bonchev–Trinajstić information content (AvgIpc) is 2.91. The Morgan fingerprint density at radius 1 is 1.40 bits per heavy atom. The zero-order chi connectivity index (χ0) is 14.4. The van der Waals surface area contributed by atoms with Crippen molar-refractivity contribution in [2.45, 2.75) is 32.9 Å². The van der Waals surface area contributed by atoms with Gasteiger partial charge >= 0.3 is 0 Å². The first-order valence-electron chi connectivity index (χ1n) is 6.63. The number of carbonyl (C=O) groups excluding carboxylic acids is 1. The fraction of sp³-hybridized carbons (Fsp3) is 0.333. The maximum Gasteiger partial charge on any atom is 0.221 e. The van der Waals surface area contributed by atoms with Gasteiger partial charge in [-0.05, 0) is 31.2 Å². The lowest BCUT2D eigenvalue weighted by Crippen LogP contribution is -2.14. The van der Waals surface area contributed by atoms with E-state index in [0.717, 1.165) is 24.4 Å². The first-order valence-corrected chi connectivity index (χ1v) is 6.63. The van der Waals surface area contributed by atoms with E-state index in [1.807, 2.05) is 42.0 Å². The van der Waals surface area contributed by atoms with Crippen molar-refractivity contribution >= 4 is 11.6 Å². The highest BCUT2D eigenvalue weighted by Crippen LogP contribution is 2.17. The quantitative estimate of drug-likeness (QED) is 0.880. The Morgan fingerprint density at radius 2 is 2.15 bits per heavy atom. The average molecular weight is 273 g/mol. The SMILES string of the molecule is CC(=O)Nc1ccc(OC(C)CCn2ccnc2)cc1. The van der Waals surface area contributed by atoms with Crippen LogP contribution < -0.4 is 10.1 Å². The highest BCUT2D eigenvalue weighted by Gasteiger charge is 2.05. The van der Waals surface area contributed by atoms with Gasteiger partial charge in [-0.15, -0.1) is 0 Å². The number of benzene rings is 1. The molecule has 1 N–H and O–H groups in total. The monoisotopic (exact) mass is 273 g/mol. The third kappa shape index (κ3) is 4.42. The van der Waals surface area contributed by atoms with Crippen molar-refractivity contribution in [1.82, 2.24) is 9.55 Å². The third-order valence-corrected chi connectivity index (χ3v) is 2.86. The van der Waals surface area contributed by atoms with Gasteiger partial charge in [0.2, 0.25) is 5.91 Å². The lowest BCUT2D eigenvalue weighted by Gasteiger charge is -2.15. The minimum atomic E-state index is -0.0765. The molecule has 1 aromatic heterocycles. The number of ether oxygens (including phenoxy) is 1. The van der Waals surface area contributed by atoms with Crippen LogP contribution in [0.15, 0.2) is 43.0 Å². The van der Waals surface area contributed by atoms with E-state index in [9.17, 15) is 4.79 Å². The summed E-state index contributed by atoms with van der Waals surface area (Å²) < 4.78 is 7.85. The Morgan fingerprint density at radius 3 is 2.75 bits per heavy atom. The largest absolute Gasteiger partial charge is 0.491 e. The molecular weight excluding hydrogens is 254 g/mol. The number of aryl methyl sites for hydroxylation is 1. The summed E-state index contributed by atoms with van der Waals surface area (Å²) in [5.74, 6) is 0.726. The van der Waals surface area contributed by atoms with E-state index in [4.69, 9.17) is 4.74 Å². The predicted molar refractivity (Wildman–Crippen MR) is 77.7 cm³/mol. The van der Waals surface area contributed by atoms with Crippen LogP contribution in [0.3, 0.4) is 0 Å². The van der Waals surface area contributed by atoms with Gasteiger partial charge in [0.25, 0.3) is 0 Å². The molecule has 1 amide bonds. The molecule has 0 spiro atoms. The lowest BCUT2D eigenvalue weighted by molar-refractivity contribution is -0.114. The van der Waals surface area contributed by atoms with Gasteiger partial charge in [-0.2, -0.15) is 0 Å². The van der Waals surface area contributed by atoms with Crippen molar-refractivity contribution in [2.24, 2.45) is 0 Å². The van der Waals surface area contributed by atoms with Crippen molar-refractivity contribution in [3.05, 3.63) is 43.0 Å². The first-order chi connectivity index (χ1) is 9.63. The Kier molecular flexibility index (Phi) is 4.76. The zero-order valence-corrected chi connectivity index (χ0v) is 11.7. The molecule has 0 aliphatic heterocycles. The molecule has 0 fully saturated rings. The minimum Gasteiger partial charge on any atom is -0.491 e. The van der Waals surface area contributed by atoms with Crippen LogP contribution in [0, 0.1) is 0 Å². The molecule has 1 atom stereocenters. The molecule has 106 valence electrons. The summed E-state index contributed by atoms with van der Waals surface area (Å²) in [6.07, 6.45) is 6.53. The van der Waals surface area contributed by atoms with Gasteiger partial charge < -0.3 is 14.6 Å². The topological polar surface area (TPSA) is 56.1 Å². The number of imidazole rings is 1. The van der Waals surface area contributed by atoms with Crippen LogP contribution in [0.2, 0.25) is 0 Å². The van der Waals surface area contributed by atoms with Crippen LogP contribution in [0.25, 0.3) is 0 Å². The second kappa shape index (κ2) is 6.75. The molecule has 2 rings (SSSR count). The van der Waals surface area contributed by atoms with Crippen LogP contribution in [-0.2, 0) is 11.3 Å². The van der Waals surface area contributed by atoms with Crippen molar-refractivity contribution in [3.8, 4) is 5.75 Å². The number of aromatic nitrogens is 2. The molecule has 0 saturated heterocycles. The summed E-state index contributed by atoms with van der Waals surface area (Å²) in [6.45, 7) is 4.41. The number of anilines is 1. The number of nitrogens with one attached hydrogen (secondary N) is 1. The number of carbonyl (C=O) groups is 1. The summed E-state index contributed by atoms with van der Waals surface area (Å²) in [4.78, 5) is 14.9. The van der Waals surface area contributed by atoms with Gasteiger partial charge in [0, 0.05) is 38.0 Å². The van der Waals surface area contributed by atoms with E-state index >= 15 is 0 Å². The molecule has 5 nitrogen and oxygen atoms in total. The molecule has 5 heteroatoms. The Bertz CT molecular complexity index is 535. The molecule has 1 unspecified atom stereocenters. The number of rotatable bonds is 6. The summed E-state index contributed by atoms with van der Waals surface area (Å²) in [7, 11) is 0. The van der Waals surface area contributed by atoms with E-state index < -0.39 is 0 Å². The lowest BCUT2D eigenvalue weighted by atomic mass is 10.2. The third-order valence-electron chi connectivity index (χ3n) is 2.86. The molecule has 0 aliphatic rings. The van der Waals surface area contributed by atoms with Gasteiger partial charge in [-0.25, -0.2) is 4.98 Å². The normalized spacial score (nSPS) is 11.9. The number of hydrogen-bond acceptors (Lipinski definition) is 3. The van der Waals surface area contributed by atoms with Crippen LogP contribution >= 0.6 is 0 Å². The van der Waals surface area contributed by atoms with Crippen LogP contribution in [0.4, 0.5) is 5.69 Å². The summed E-state index contributed by atoms with van der Waals surface area (Å²) in [5, 5.41) is 2.72. The summed E-state index contributed by atoms with van der Waals surface area (Å²) >= 11 is 0. The standard InChI is InChI=1S/C15H19N3O2/c1-12(7-9-18-10-8-16-11-18)20-15-5-3-14(4-6-15)17-13(2)19/h3-6,8,10-12H,7,9H2,1-2H3,(H,17,19). The van der Waals surface area contributed by atoms with Gasteiger partial charge in [0.1, 0.15) is 5.75 Å². The molecule has 0 aliphatic carbocycles. The van der Waals surface area contributed by atoms with Gasteiger partial charge in [0.05, 0.1) is 12.4 Å². The van der Waals surface area contributed by atoms with E-state index in [1.165, 1.54) is 6.92 Å². The van der Waals surface area contributed by atoms with Crippen molar-refractivity contribution in [1.29, 1.82) is 0 Å². The van der Waals surface area contributed by atoms with Crippen LogP contribution in [0.5, 0.6) is 5.75 Å². The minimum absolute atomic E-state index is 0.0765. The fourth-order valence-corrected chi connectivity index (χ4v) is 1.86. The van der Waals surface area contributed by atoms with Gasteiger partial charge in [0.15, 0.2) is 0 Å². The van der Waals surface area contributed by atoms with Crippen molar-refractivity contribution < 1.29 is 9.53 Å². The van der Waals surface area contributed by atoms with Crippen LogP contribution in [-0.4, -0.2) is 21.6 Å². The molecular formula is C15H19N3O2. The van der Waals surface area contributed by atoms with Gasteiger partial charge in [-0.3, -0.25) is 4.79 Å². The van der Waals surface area contributed by atoms with E-state index in [0.29, 0.717) is 0 Å². The smallest absolute Gasteiger partial charge is 0.221 e. The second-order valence-corrected chi connectivity index (χ2v) is 4.72. The second-order valence-electron chi connectivity index (χ2n) is 4.72. The highest BCUT2D eigenvalue weighted by atomic mass is 16.5. The van der Waals surface area contributed by atoms with E-state index in [-0.39, 0.29) is 12.0 Å². The fourth-order valence-electron chi connectivity index (χ4n) is 1.86. The van der Waals surface area contributed by atoms with Crippen molar-refractivity contribution in [2.75, 3.05) is 5.32 Å². The molecule has 0 bridgehead atoms. The van der Waals surface area contributed by atoms with Crippen LogP contribution in [0.1, 0.15) is 20.3 Å². The molecule has 1 aromatic carbocycles. The first kappa shape index (κ1) is 14.1. The maximum absolute atomic E-state index is 10.9. The summed E-state index contributed by atoms with van der Waals surface area (Å²) in [5.41, 5.74) is 0.774. The number of amides is 1. The Labute approximate surface area is 118 Å². The number of nitrogens with zero attached hydrogens (tertiary/aromatic N) is 2. The molecule has 20 heavy (non-hydrogen) atoms. The Balaban J connectivity index is 1.81. The van der Waals surface area contributed by atoms with E-state index in [2.05, 4.69) is 10.3 Å². The van der Waals surface area contributed by atoms with E-state index in [1.54, 1.807) is 12.5 Å². The zero-order valence-electron chi connectivity index (χ0n) is 11.7. The summed E-state index contributed by atoms with van der Waals surface area (Å²) in [6, 6.07) is 7.39. The molecule has 0 saturated carbocycles. The van der Waals surface area contributed by atoms with Crippen molar-refractivity contribution in [3.63, 3.8) is 0 Å². The molecule has 0 radical (unpaired) electrons. The molecule has 2 aromatic rings. The number of hydrogen-bond donors (Lipinski definition) is 1. The predicted octanol–water partition coefficient (Wildman–Crippen LogP) is 2.70. The molecule has 1 heterocycles.